The van der Waals surface area contributed by atoms with Crippen molar-refractivity contribution in [3.05, 3.63) is 0 Å². The first kappa shape index (κ1) is 12.4. The first-order valence-electron chi connectivity index (χ1n) is 7.04. The van der Waals surface area contributed by atoms with Gasteiger partial charge in [-0.1, -0.05) is 19.8 Å². The van der Waals surface area contributed by atoms with Crippen LogP contribution in [-0.4, -0.2) is 24.8 Å². The van der Waals surface area contributed by atoms with Crippen LogP contribution in [0.25, 0.3) is 0 Å². The zero-order chi connectivity index (χ0) is 11.5. The molecule has 2 fully saturated rings. The lowest BCUT2D eigenvalue weighted by Crippen LogP contribution is -2.43. The molecule has 1 heterocycles. The third-order valence-corrected chi connectivity index (χ3v) is 4.41. The molecule has 1 saturated carbocycles. The summed E-state index contributed by atoms with van der Waals surface area (Å²) >= 11 is 0. The number of nitrogens with one attached hydrogen (secondary N) is 1. The summed E-state index contributed by atoms with van der Waals surface area (Å²) in [6.07, 6.45) is 7.55. The fourth-order valence-electron chi connectivity index (χ4n) is 3.42. The molecule has 2 nitrogen and oxygen atoms in total. The molecule has 16 heavy (non-hydrogen) atoms. The molecule has 2 rings (SSSR count). The van der Waals surface area contributed by atoms with E-state index in [9.17, 15) is 0 Å². The van der Waals surface area contributed by atoms with Crippen LogP contribution in [0.3, 0.4) is 0 Å². The molecule has 4 atom stereocenters. The van der Waals surface area contributed by atoms with Crippen LogP contribution in [0.5, 0.6) is 0 Å². The van der Waals surface area contributed by atoms with Crippen molar-refractivity contribution < 1.29 is 4.74 Å². The normalized spacial score (nSPS) is 44.8. The Bertz CT molecular complexity index is 209. The summed E-state index contributed by atoms with van der Waals surface area (Å²) in [6.45, 7) is 8.03. The van der Waals surface area contributed by atoms with E-state index in [4.69, 9.17) is 4.74 Å². The standard InChI is InChI=1S/C14H27NO/c1-10-5-4-6-13(10)9-15-14-7-11(2)16-12(3)8-14/h10-15H,4-9H2,1-3H3. The van der Waals surface area contributed by atoms with Crippen LogP contribution in [0, 0.1) is 11.8 Å². The minimum absolute atomic E-state index is 0.433. The van der Waals surface area contributed by atoms with Crippen molar-refractivity contribution in [3.63, 3.8) is 0 Å². The van der Waals surface area contributed by atoms with E-state index in [0.29, 0.717) is 18.2 Å². The Morgan fingerprint density at radius 1 is 1.06 bits per heavy atom. The predicted molar refractivity (Wildman–Crippen MR) is 67.5 cm³/mol. The molecule has 0 radical (unpaired) electrons. The number of rotatable bonds is 3. The Morgan fingerprint density at radius 2 is 1.75 bits per heavy atom. The van der Waals surface area contributed by atoms with Gasteiger partial charge in [-0.2, -0.15) is 0 Å². The first-order valence-corrected chi connectivity index (χ1v) is 7.04. The van der Waals surface area contributed by atoms with Crippen LogP contribution in [-0.2, 0) is 4.74 Å². The summed E-state index contributed by atoms with van der Waals surface area (Å²) in [4.78, 5) is 0. The van der Waals surface area contributed by atoms with Crippen LogP contribution in [0.2, 0.25) is 0 Å². The van der Waals surface area contributed by atoms with E-state index >= 15 is 0 Å². The van der Waals surface area contributed by atoms with E-state index in [-0.39, 0.29) is 0 Å². The highest BCUT2D eigenvalue weighted by molar-refractivity contribution is 4.82. The number of hydrogen-bond donors (Lipinski definition) is 1. The van der Waals surface area contributed by atoms with Gasteiger partial charge >= 0.3 is 0 Å². The molecular weight excluding hydrogens is 198 g/mol. The highest BCUT2D eigenvalue weighted by atomic mass is 16.5. The summed E-state index contributed by atoms with van der Waals surface area (Å²) in [5.74, 6) is 1.86. The molecule has 1 aliphatic carbocycles. The van der Waals surface area contributed by atoms with E-state index in [1.165, 1.54) is 38.6 Å². The Kier molecular flexibility index (Phi) is 4.26. The predicted octanol–water partition coefficient (Wildman–Crippen LogP) is 2.97. The van der Waals surface area contributed by atoms with Crippen molar-refractivity contribution in [3.8, 4) is 0 Å². The molecular formula is C14H27NO. The highest BCUT2D eigenvalue weighted by Crippen LogP contribution is 2.31. The fourth-order valence-corrected chi connectivity index (χ4v) is 3.42. The summed E-state index contributed by atoms with van der Waals surface area (Å²) in [7, 11) is 0. The van der Waals surface area contributed by atoms with E-state index < -0.39 is 0 Å². The Hall–Kier alpha value is -0.0800. The van der Waals surface area contributed by atoms with Crippen LogP contribution in [0.4, 0.5) is 0 Å². The molecule has 0 amide bonds. The maximum atomic E-state index is 5.77. The van der Waals surface area contributed by atoms with Gasteiger partial charge < -0.3 is 10.1 Å². The zero-order valence-electron chi connectivity index (χ0n) is 11.0. The van der Waals surface area contributed by atoms with Crippen LogP contribution >= 0.6 is 0 Å². The molecule has 0 bridgehead atoms. The third-order valence-electron chi connectivity index (χ3n) is 4.41. The molecule has 0 aromatic heterocycles. The molecule has 2 aliphatic rings. The second kappa shape index (κ2) is 5.50. The summed E-state index contributed by atoms with van der Waals surface area (Å²) in [5.41, 5.74) is 0. The quantitative estimate of drug-likeness (QED) is 0.797. The Labute approximate surface area is 100 Å². The van der Waals surface area contributed by atoms with Gasteiger partial charge in [-0.15, -0.1) is 0 Å². The van der Waals surface area contributed by atoms with Gasteiger partial charge in [0.2, 0.25) is 0 Å². The monoisotopic (exact) mass is 225 g/mol. The van der Waals surface area contributed by atoms with Crippen molar-refractivity contribution in [1.82, 2.24) is 5.32 Å². The van der Waals surface area contributed by atoms with Crippen molar-refractivity contribution in [2.75, 3.05) is 6.54 Å². The van der Waals surface area contributed by atoms with Crippen LogP contribution < -0.4 is 5.32 Å². The summed E-state index contributed by atoms with van der Waals surface area (Å²) in [5, 5.41) is 3.77. The molecule has 1 aliphatic heterocycles. The minimum atomic E-state index is 0.433. The second-order valence-electron chi connectivity index (χ2n) is 6.00. The fraction of sp³-hybridized carbons (Fsp3) is 1.00. The van der Waals surface area contributed by atoms with E-state index in [0.717, 1.165) is 11.8 Å². The van der Waals surface area contributed by atoms with E-state index in [1.54, 1.807) is 0 Å². The molecule has 0 aromatic rings. The van der Waals surface area contributed by atoms with Crippen molar-refractivity contribution in [2.24, 2.45) is 11.8 Å². The molecule has 94 valence electrons. The topological polar surface area (TPSA) is 21.3 Å². The third kappa shape index (κ3) is 3.21. The van der Waals surface area contributed by atoms with Gasteiger partial charge in [0.1, 0.15) is 0 Å². The van der Waals surface area contributed by atoms with Gasteiger partial charge in [0, 0.05) is 6.04 Å². The van der Waals surface area contributed by atoms with E-state index in [2.05, 4.69) is 26.1 Å². The minimum Gasteiger partial charge on any atom is -0.375 e. The number of ether oxygens (including phenoxy) is 1. The molecule has 0 aromatic carbocycles. The molecule has 1 N–H and O–H groups in total. The molecule has 0 spiro atoms. The molecule has 1 saturated heterocycles. The van der Waals surface area contributed by atoms with Gasteiger partial charge in [-0.25, -0.2) is 0 Å². The van der Waals surface area contributed by atoms with E-state index in [1.807, 2.05) is 0 Å². The zero-order valence-corrected chi connectivity index (χ0v) is 11.0. The van der Waals surface area contributed by atoms with Crippen LogP contribution in [0.1, 0.15) is 52.9 Å². The smallest absolute Gasteiger partial charge is 0.0565 e. The van der Waals surface area contributed by atoms with Crippen molar-refractivity contribution in [2.45, 2.75) is 71.1 Å². The summed E-state index contributed by atoms with van der Waals surface area (Å²) in [6, 6.07) is 0.687. The Balaban J connectivity index is 1.72. The largest absolute Gasteiger partial charge is 0.375 e. The average Bonchev–Trinajstić information content (AvgIpc) is 2.59. The van der Waals surface area contributed by atoms with Crippen molar-refractivity contribution in [1.29, 1.82) is 0 Å². The van der Waals surface area contributed by atoms with Gasteiger partial charge in [0.25, 0.3) is 0 Å². The maximum absolute atomic E-state index is 5.77. The average molecular weight is 225 g/mol. The van der Waals surface area contributed by atoms with Gasteiger partial charge in [0.05, 0.1) is 12.2 Å². The highest BCUT2D eigenvalue weighted by Gasteiger charge is 2.27. The lowest BCUT2D eigenvalue weighted by atomic mass is 9.95. The van der Waals surface area contributed by atoms with Gasteiger partial charge in [-0.05, 0) is 51.5 Å². The molecule has 4 unspecified atom stereocenters. The molecule has 2 heteroatoms. The van der Waals surface area contributed by atoms with Crippen molar-refractivity contribution >= 4 is 0 Å². The SMILES string of the molecule is CC1CC(NCC2CCCC2C)CC(C)O1. The maximum Gasteiger partial charge on any atom is 0.0565 e. The second-order valence-corrected chi connectivity index (χ2v) is 6.00. The van der Waals surface area contributed by atoms with Crippen LogP contribution in [0.15, 0.2) is 0 Å². The lowest BCUT2D eigenvalue weighted by molar-refractivity contribution is -0.0425. The summed E-state index contributed by atoms with van der Waals surface area (Å²) < 4.78 is 5.77. The Morgan fingerprint density at radius 3 is 2.31 bits per heavy atom. The van der Waals surface area contributed by atoms with Gasteiger partial charge in [-0.3, -0.25) is 0 Å². The lowest BCUT2D eigenvalue weighted by Gasteiger charge is -2.33. The first-order chi connectivity index (χ1) is 7.65. The van der Waals surface area contributed by atoms with Gasteiger partial charge in [0.15, 0.2) is 0 Å². The number of hydrogen-bond acceptors (Lipinski definition) is 2.